The van der Waals surface area contributed by atoms with Gasteiger partial charge in [0.1, 0.15) is 5.82 Å². The molecule has 0 aromatic carbocycles. The van der Waals surface area contributed by atoms with Crippen LogP contribution in [0.15, 0.2) is 24.4 Å². The monoisotopic (exact) mass is 790 g/mol. The number of piperazine rings is 1. The van der Waals surface area contributed by atoms with Crippen LogP contribution in [-0.2, 0) is 25.6 Å². The quantitative estimate of drug-likeness (QED) is 0.227. The van der Waals surface area contributed by atoms with E-state index >= 15 is 0 Å². The van der Waals surface area contributed by atoms with Crippen molar-refractivity contribution in [2.45, 2.75) is 140 Å². The highest BCUT2D eigenvalue weighted by Crippen LogP contribution is 2.67. The first-order valence-corrected chi connectivity index (χ1v) is 23.9. The third-order valence-electron chi connectivity index (χ3n) is 16.5. The maximum atomic E-state index is 14.4. The molecule has 2 aromatic rings. The maximum absolute atomic E-state index is 14.4. The molecule has 1 saturated heterocycles. The van der Waals surface area contributed by atoms with E-state index in [2.05, 4.69) is 47.7 Å². The second-order valence-corrected chi connectivity index (χ2v) is 22.2. The Labute approximate surface area is 334 Å². The number of nitrogens with zero attached hydrogens (tertiary/aromatic N) is 5. The SMILES string of the molecule is C[C@@H]1CN(CCCCCO[C@H]2CC[C@H]3[C@@H]4CC[C@H]5CC(F)(F)CC[C@]5(C)[C@H]4CC[C@]23C)CCN1c1cc(C2([S@](C)(=N)=O)CC2)nc(-c2ccnc3c2C=CC3)n1. The molecule has 0 amide bonds. The number of pyridine rings is 1. The predicted octanol–water partition coefficient (Wildman–Crippen LogP) is 9.52. The molecule has 6 fully saturated rings. The smallest absolute Gasteiger partial charge is 0.248 e. The first kappa shape index (κ1) is 39.0. The Balaban J connectivity index is 0.771. The molecule has 1 N–H and O–H groups in total. The molecule has 1 aliphatic heterocycles. The van der Waals surface area contributed by atoms with Gasteiger partial charge in [-0.25, -0.2) is 23.0 Å². The first-order valence-electron chi connectivity index (χ1n) is 22.0. The number of allylic oxidation sites excluding steroid dienone is 1. The van der Waals surface area contributed by atoms with Crippen molar-refractivity contribution in [1.82, 2.24) is 19.9 Å². The fourth-order valence-electron chi connectivity index (χ4n) is 13.1. The molecule has 6 aliphatic carbocycles. The molecular weight excluding hydrogens is 727 g/mol. The largest absolute Gasteiger partial charge is 0.378 e. The van der Waals surface area contributed by atoms with Gasteiger partial charge in [0.25, 0.3) is 0 Å². The molecule has 8 nitrogen and oxygen atoms in total. The van der Waals surface area contributed by atoms with Gasteiger partial charge in [-0.2, -0.15) is 0 Å². The zero-order valence-electron chi connectivity index (χ0n) is 34.2. The predicted molar refractivity (Wildman–Crippen MR) is 219 cm³/mol. The third kappa shape index (κ3) is 6.75. The van der Waals surface area contributed by atoms with E-state index in [4.69, 9.17) is 19.5 Å². The molecule has 56 heavy (non-hydrogen) atoms. The van der Waals surface area contributed by atoms with Crippen LogP contribution in [0.25, 0.3) is 17.5 Å². The van der Waals surface area contributed by atoms with Gasteiger partial charge in [0, 0.05) is 81.2 Å². The lowest BCUT2D eigenvalue weighted by Crippen LogP contribution is -2.55. The van der Waals surface area contributed by atoms with Crippen LogP contribution in [-0.4, -0.2) is 81.2 Å². The lowest BCUT2D eigenvalue weighted by atomic mass is 9.45. The fourth-order valence-corrected chi connectivity index (χ4v) is 14.4. The topological polar surface area (TPSA) is 95.3 Å². The summed E-state index contributed by atoms with van der Waals surface area (Å²) in [5, 5.41) is 0. The molecule has 9 rings (SSSR count). The molecule has 306 valence electrons. The van der Waals surface area contributed by atoms with E-state index in [1.165, 1.54) is 19.3 Å². The van der Waals surface area contributed by atoms with Crippen LogP contribution in [0.1, 0.15) is 128 Å². The van der Waals surface area contributed by atoms with E-state index in [0.717, 1.165) is 119 Å². The Bertz CT molecular complexity index is 1950. The van der Waals surface area contributed by atoms with Crippen molar-refractivity contribution in [1.29, 1.82) is 4.78 Å². The Morgan fingerprint density at radius 1 is 0.964 bits per heavy atom. The van der Waals surface area contributed by atoms with E-state index in [1.54, 1.807) is 6.26 Å². The van der Waals surface area contributed by atoms with Gasteiger partial charge < -0.3 is 9.64 Å². The summed E-state index contributed by atoms with van der Waals surface area (Å²) in [7, 11) is -2.84. The summed E-state index contributed by atoms with van der Waals surface area (Å²) in [4.78, 5) is 19.7. The molecule has 5 saturated carbocycles. The van der Waals surface area contributed by atoms with E-state index in [9.17, 15) is 13.0 Å². The number of hydrogen-bond donors (Lipinski definition) is 1. The van der Waals surface area contributed by atoms with Crippen LogP contribution in [0.3, 0.4) is 0 Å². The van der Waals surface area contributed by atoms with Crippen molar-refractivity contribution in [2.75, 3.05) is 43.9 Å². The summed E-state index contributed by atoms with van der Waals surface area (Å²) in [6, 6.07) is 4.27. The Kier molecular flexibility index (Phi) is 9.99. The molecular formula is C45H64F2N6O2S. The van der Waals surface area contributed by atoms with Crippen molar-refractivity contribution < 1.29 is 17.7 Å². The highest BCUT2D eigenvalue weighted by molar-refractivity contribution is 7.93. The van der Waals surface area contributed by atoms with E-state index < -0.39 is 20.4 Å². The normalized spacial score (nSPS) is 36.6. The summed E-state index contributed by atoms with van der Waals surface area (Å²) in [5.41, 5.74) is 4.12. The molecule has 0 spiro atoms. The van der Waals surface area contributed by atoms with Crippen LogP contribution in [0.2, 0.25) is 0 Å². The van der Waals surface area contributed by atoms with Crippen molar-refractivity contribution in [3.63, 3.8) is 0 Å². The van der Waals surface area contributed by atoms with Gasteiger partial charge in [-0.05, 0) is 131 Å². The minimum atomic E-state index is -2.84. The summed E-state index contributed by atoms with van der Waals surface area (Å²) in [6.07, 6.45) is 21.4. The number of halogens is 2. The maximum Gasteiger partial charge on any atom is 0.248 e. The number of alkyl halides is 2. The van der Waals surface area contributed by atoms with Gasteiger partial charge in [0.05, 0.1) is 32.0 Å². The molecule has 11 heteroatoms. The minimum Gasteiger partial charge on any atom is -0.378 e. The van der Waals surface area contributed by atoms with Gasteiger partial charge in [-0.15, -0.1) is 0 Å². The first-order chi connectivity index (χ1) is 26.7. The van der Waals surface area contributed by atoms with Gasteiger partial charge >= 0.3 is 0 Å². The highest BCUT2D eigenvalue weighted by Gasteiger charge is 2.62. The van der Waals surface area contributed by atoms with Crippen molar-refractivity contribution in [3.05, 3.63) is 41.4 Å². The molecule has 7 aliphatic rings. The zero-order chi connectivity index (χ0) is 39.1. The number of hydrogen-bond acceptors (Lipinski definition) is 8. The van der Waals surface area contributed by atoms with Crippen molar-refractivity contribution >= 4 is 21.6 Å². The van der Waals surface area contributed by atoms with Crippen molar-refractivity contribution in [2.24, 2.45) is 34.5 Å². The number of rotatable bonds is 11. The van der Waals surface area contributed by atoms with Crippen LogP contribution in [0.5, 0.6) is 0 Å². The van der Waals surface area contributed by atoms with Gasteiger partial charge in [0.2, 0.25) is 5.92 Å². The molecule has 9 atom stereocenters. The number of fused-ring (bicyclic) bond motifs is 6. The van der Waals surface area contributed by atoms with E-state index in [1.807, 2.05) is 18.3 Å². The Morgan fingerprint density at radius 2 is 1.79 bits per heavy atom. The van der Waals surface area contributed by atoms with E-state index in [-0.39, 0.29) is 35.6 Å². The lowest BCUT2D eigenvalue weighted by Gasteiger charge is -2.61. The molecule has 3 heterocycles. The van der Waals surface area contributed by atoms with Gasteiger partial charge in [0.15, 0.2) is 5.82 Å². The summed E-state index contributed by atoms with van der Waals surface area (Å²) in [5.74, 6) is 1.22. The molecule has 0 bridgehead atoms. The average molecular weight is 791 g/mol. The number of anilines is 1. The lowest BCUT2D eigenvalue weighted by molar-refractivity contribution is -0.169. The third-order valence-corrected chi connectivity index (χ3v) is 18.6. The fraction of sp³-hybridized carbons (Fsp3) is 0.756. The highest BCUT2D eigenvalue weighted by atomic mass is 32.2. The Hall–Kier alpha value is -2.50. The number of ether oxygens (including phenoxy) is 1. The molecule has 2 aromatic heterocycles. The van der Waals surface area contributed by atoms with Gasteiger partial charge in [-0.1, -0.05) is 26.0 Å². The number of unbranched alkanes of at least 4 members (excludes halogenated alkanes) is 2. The van der Waals surface area contributed by atoms with Crippen LogP contribution < -0.4 is 4.90 Å². The van der Waals surface area contributed by atoms with Crippen LogP contribution in [0.4, 0.5) is 14.6 Å². The van der Waals surface area contributed by atoms with Gasteiger partial charge in [-0.3, -0.25) is 14.7 Å². The summed E-state index contributed by atoms with van der Waals surface area (Å²) < 4.78 is 56.7. The van der Waals surface area contributed by atoms with Crippen LogP contribution in [0, 0.1) is 39.3 Å². The standard InChI is InChI=1S/C45H64F2N6O2S/c1-30-29-52(24-25-53(30)40-27-38(44(19-20-44)56(4,48)54)50-41(51-40)33-16-22-49-37-10-8-9-32(33)37)23-6-5-7-26-55-39-14-13-35-34-12-11-31-28-45(46,47)21-18-42(31,2)36(34)15-17-43(35,39)3/h8-9,16,22,27,30-31,34-36,39,48H,5-7,10-15,17-21,23-26,28-29H2,1-4H3/t30-,31+,34+,35+,36+,39+,42+,43+,56-/m1/s1. The summed E-state index contributed by atoms with van der Waals surface area (Å²) >= 11 is 0. The zero-order valence-corrected chi connectivity index (χ0v) is 35.0. The Morgan fingerprint density at radius 3 is 2.57 bits per heavy atom. The average Bonchev–Trinajstić information content (AvgIpc) is 3.74. The van der Waals surface area contributed by atoms with E-state index in [0.29, 0.717) is 36.1 Å². The second kappa shape index (κ2) is 14.4. The second-order valence-electron chi connectivity index (χ2n) is 19.7. The van der Waals surface area contributed by atoms with Crippen LogP contribution >= 0.6 is 0 Å². The minimum absolute atomic E-state index is 0.0862. The number of aromatic nitrogens is 3. The van der Waals surface area contributed by atoms with Crippen molar-refractivity contribution in [3.8, 4) is 11.4 Å². The number of nitrogens with one attached hydrogen (secondary N) is 1. The molecule has 0 unspecified atom stereocenters. The molecule has 0 radical (unpaired) electrons. The summed E-state index contributed by atoms with van der Waals surface area (Å²) in [6.45, 7) is 11.8.